The van der Waals surface area contributed by atoms with Gasteiger partial charge in [-0.3, -0.25) is 9.78 Å². The van der Waals surface area contributed by atoms with Crippen molar-refractivity contribution in [2.24, 2.45) is 17.3 Å². The first kappa shape index (κ1) is 20.0. The minimum atomic E-state index is -2.96. The molecule has 0 bridgehead atoms. The van der Waals surface area contributed by atoms with E-state index < -0.39 is 35.0 Å². The van der Waals surface area contributed by atoms with E-state index >= 15 is 0 Å². The van der Waals surface area contributed by atoms with Crippen molar-refractivity contribution < 1.29 is 53.0 Å². The van der Waals surface area contributed by atoms with Gasteiger partial charge in [0.25, 0.3) is 5.92 Å². The third-order valence-electron chi connectivity index (χ3n) is 4.14. The van der Waals surface area contributed by atoms with Gasteiger partial charge in [-0.05, 0) is 17.5 Å². The fraction of sp³-hybridized carbons (Fsp3) is 0.533. The van der Waals surface area contributed by atoms with Crippen LogP contribution in [0.15, 0.2) is 18.3 Å². The Balaban J connectivity index is 0.00000264. The molecule has 0 unspecified atom stereocenters. The summed E-state index contributed by atoms with van der Waals surface area (Å²) in [5.41, 5.74) is -0.419. The van der Waals surface area contributed by atoms with Crippen LogP contribution in [-0.2, 0) is 22.1 Å². The van der Waals surface area contributed by atoms with Gasteiger partial charge in [-0.2, -0.15) is 0 Å². The molecule has 23 heavy (non-hydrogen) atoms. The van der Waals surface area contributed by atoms with Gasteiger partial charge >= 0.3 is 29.6 Å². The van der Waals surface area contributed by atoms with Crippen LogP contribution in [-0.4, -0.2) is 16.9 Å². The Morgan fingerprint density at radius 3 is 2.35 bits per heavy atom. The van der Waals surface area contributed by atoms with Crippen LogP contribution < -0.4 is 40.0 Å². The van der Waals surface area contributed by atoms with Crippen molar-refractivity contribution in [1.82, 2.24) is 10.3 Å². The van der Waals surface area contributed by atoms with Crippen LogP contribution >= 0.6 is 0 Å². The Hall–Kier alpha value is -1.05. The molecule has 2 atom stereocenters. The van der Waals surface area contributed by atoms with Gasteiger partial charge in [0.1, 0.15) is 0 Å². The zero-order valence-corrected chi connectivity index (χ0v) is 15.5. The minimum Gasteiger partial charge on any atom is -0.550 e. The molecule has 1 aliphatic rings. The number of carboxylic acids is 1. The first-order valence-corrected chi connectivity index (χ1v) is 6.87. The maximum absolute atomic E-state index is 13.0. The molecule has 1 aromatic rings. The summed E-state index contributed by atoms with van der Waals surface area (Å²) in [5, 5.41) is 13.5. The quantitative estimate of drug-likeness (QED) is 0.622. The van der Waals surface area contributed by atoms with Gasteiger partial charge in [0.05, 0.1) is 18.2 Å². The Labute approximate surface area is 155 Å². The number of nitrogens with zero attached hydrogens (tertiary/aromatic N) is 1. The topological polar surface area (TPSA) is 82.1 Å². The maximum atomic E-state index is 13.0. The summed E-state index contributed by atoms with van der Waals surface area (Å²) in [6.07, 6.45) is 1.06. The summed E-state index contributed by atoms with van der Waals surface area (Å²) in [6, 6.07) is 2.65. The van der Waals surface area contributed by atoms with Gasteiger partial charge in [0, 0.05) is 30.6 Å². The number of halogens is 2. The van der Waals surface area contributed by atoms with Crippen LogP contribution in [0.3, 0.4) is 0 Å². The van der Waals surface area contributed by atoms with E-state index in [1.54, 1.807) is 13.8 Å². The fourth-order valence-electron chi connectivity index (χ4n) is 2.64. The molecule has 5 nitrogen and oxygen atoms in total. The third kappa shape index (κ3) is 4.28. The molecule has 1 N–H and O–H groups in total. The van der Waals surface area contributed by atoms with Crippen molar-refractivity contribution in [3.8, 4) is 0 Å². The van der Waals surface area contributed by atoms with Gasteiger partial charge in [-0.1, -0.05) is 13.8 Å². The molecular formula is C15H17F2N2NaO3. The second-order valence-corrected chi connectivity index (χ2v) is 6.24. The molecule has 0 radical (unpaired) electrons. The Bertz CT molecular complexity index is 600. The van der Waals surface area contributed by atoms with Crippen molar-refractivity contribution in [2.75, 3.05) is 0 Å². The summed E-state index contributed by atoms with van der Waals surface area (Å²) in [4.78, 5) is 26.8. The average Bonchev–Trinajstić information content (AvgIpc) is 2.99. The van der Waals surface area contributed by atoms with Crippen molar-refractivity contribution in [2.45, 2.75) is 33.2 Å². The van der Waals surface area contributed by atoms with E-state index in [0.29, 0.717) is 5.69 Å². The predicted octanol–water partition coefficient (Wildman–Crippen LogP) is -2.16. The number of carboxylic acid groups (broad SMARTS) is 1. The van der Waals surface area contributed by atoms with Gasteiger partial charge in [0.2, 0.25) is 5.91 Å². The standard InChI is InChI=1S/C15H18F2N2O3.Na/c1-14(2)10(11(14)13(21)22)12(20)19-7-9-5-4-8(6-18-9)15(3,16)17;/h4-6,10-11H,7H2,1-3H3,(H,19,20)(H,21,22);/q;+1/p-1/t10-,11+;/m0./s1. The first-order chi connectivity index (χ1) is 10.0. The molecule has 8 heteroatoms. The van der Waals surface area contributed by atoms with Crippen LogP contribution in [0.25, 0.3) is 0 Å². The van der Waals surface area contributed by atoms with E-state index in [1.165, 1.54) is 12.1 Å². The van der Waals surface area contributed by atoms with E-state index in [0.717, 1.165) is 13.1 Å². The number of aromatic nitrogens is 1. The Kier molecular flexibility index (Phi) is 5.93. The summed E-state index contributed by atoms with van der Waals surface area (Å²) in [7, 11) is 0. The monoisotopic (exact) mass is 334 g/mol. The molecule has 0 aromatic carbocycles. The number of rotatable bonds is 5. The molecule has 0 saturated heterocycles. The molecule has 1 saturated carbocycles. The molecule has 1 aromatic heterocycles. The number of hydrogen-bond donors (Lipinski definition) is 1. The van der Waals surface area contributed by atoms with Gasteiger partial charge in [-0.25, -0.2) is 8.78 Å². The number of pyridine rings is 1. The van der Waals surface area contributed by atoms with E-state index in [-0.39, 0.29) is 41.7 Å². The van der Waals surface area contributed by atoms with Crippen LogP contribution in [0.4, 0.5) is 8.78 Å². The predicted molar refractivity (Wildman–Crippen MR) is 71.4 cm³/mol. The van der Waals surface area contributed by atoms with Crippen molar-refractivity contribution in [3.05, 3.63) is 29.6 Å². The van der Waals surface area contributed by atoms with Crippen molar-refractivity contribution in [1.29, 1.82) is 0 Å². The number of amides is 1. The Morgan fingerprint density at radius 1 is 1.35 bits per heavy atom. The summed E-state index contributed by atoms with van der Waals surface area (Å²) in [5.74, 6) is -6.05. The van der Waals surface area contributed by atoms with Gasteiger partial charge < -0.3 is 15.2 Å². The smallest absolute Gasteiger partial charge is 0.550 e. The molecule has 1 heterocycles. The van der Waals surface area contributed by atoms with Crippen LogP contribution in [0, 0.1) is 17.3 Å². The molecule has 120 valence electrons. The first-order valence-electron chi connectivity index (χ1n) is 6.87. The third-order valence-corrected chi connectivity index (χ3v) is 4.14. The number of carbonyl (C=O) groups excluding carboxylic acids is 2. The number of nitrogens with one attached hydrogen (secondary N) is 1. The molecule has 1 aliphatic carbocycles. The van der Waals surface area contributed by atoms with Gasteiger partial charge in [0.15, 0.2) is 0 Å². The fourth-order valence-corrected chi connectivity index (χ4v) is 2.64. The number of hydrogen-bond acceptors (Lipinski definition) is 4. The second-order valence-electron chi connectivity index (χ2n) is 6.24. The summed E-state index contributed by atoms with van der Waals surface area (Å²) < 4.78 is 26.1. The molecule has 1 fully saturated rings. The van der Waals surface area contributed by atoms with E-state index in [9.17, 15) is 23.5 Å². The minimum absolute atomic E-state index is 0. The normalized spacial score (nSPS) is 22.0. The maximum Gasteiger partial charge on any atom is 1.00 e. The summed E-state index contributed by atoms with van der Waals surface area (Å²) in [6.45, 7) is 4.21. The zero-order valence-electron chi connectivity index (χ0n) is 13.5. The molecule has 0 aliphatic heterocycles. The zero-order chi connectivity index (χ0) is 16.7. The number of carbonyl (C=O) groups is 2. The largest absolute Gasteiger partial charge is 1.00 e. The molecule has 2 rings (SSSR count). The number of alkyl halides is 2. The molecule has 0 spiro atoms. The van der Waals surface area contributed by atoms with Crippen LogP contribution in [0.5, 0.6) is 0 Å². The summed E-state index contributed by atoms with van der Waals surface area (Å²) >= 11 is 0. The van der Waals surface area contributed by atoms with Crippen molar-refractivity contribution >= 4 is 11.9 Å². The van der Waals surface area contributed by atoms with Gasteiger partial charge in [-0.15, -0.1) is 0 Å². The van der Waals surface area contributed by atoms with Crippen LogP contribution in [0.1, 0.15) is 32.0 Å². The molecular weight excluding hydrogens is 317 g/mol. The van der Waals surface area contributed by atoms with Crippen LogP contribution in [0.2, 0.25) is 0 Å². The SMILES string of the molecule is CC(F)(F)c1ccc(CNC(=O)[C@@H]2[C@H](C(=O)[O-])C2(C)C)nc1.[Na+]. The number of aliphatic carboxylic acids is 1. The average molecular weight is 334 g/mol. The second kappa shape index (κ2) is 6.83. The Morgan fingerprint density at radius 2 is 1.96 bits per heavy atom. The molecule has 1 amide bonds. The van der Waals surface area contributed by atoms with Crippen molar-refractivity contribution in [3.63, 3.8) is 0 Å². The van der Waals surface area contributed by atoms with E-state index in [1.807, 2.05) is 0 Å². The van der Waals surface area contributed by atoms with E-state index in [2.05, 4.69) is 10.3 Å². The van der Waals surface area contributed by atoms with E-state index in [4.69, 9.17) is 0 Å².